The molecule has 1 atom stereocenters. The summed E-state index contributed by atoms with van der Waals surface area (Å²) in [5, 5.41) is 7.84. The number of methoxy groups -OCH3 is 1. The molecule has 2 heterocycles. The van der Waals surface area contributed by atoms with Gasteiger partial charge in [0, 0.05) is 25.3 Å². The molecule has 0 saturated carbocycles. The highest BCUT2D eigenvalue weighted by Crippen LogP contribution is 2.24. The lowest BCUT2D eigenvalue weighted by Gasteiger charge is -2.35. The molecule has 7 heteroatoms. The maximum absolute atomic E-state index is 13.3. The zero-order chi connectivity index (χ0) is 24.1. The number of morpholine rings is 1. The highest BCUT2D eigenvalue weighted by Gasteiger charge is 2.25. The predicted molar refractivity (Wildman–Crippen MR) is 132 cm³/mol. The fourth-order valence-corrected chi connectivity index (χ4v) is 4.50. The highest BCUT2D eigenvalue weighted by molar-refractivity contribution is 5.96. The number of hydrogen-bond donors (Lipinski definition) is 1. The van der Waals surface area contributed by atoms with Crippen LogP contribution >= 0.6 is 0 Å². The summed E-state index contributed by atoms with van der Waals surface area (Å²) in [6.45, 7) is 10.2. The van der Waals surface area contributed by atoms with Crippen molar-refractivity contribution in [1.82, 2.24) is 20.0 Å². The smallest absolute Gasteiger partial charge is 0.255 e. The lowest BCUT2D eigenvalue weighted by Crippen LogP contribution is -2.44. The van der Waals surface area contributed by atoms with Gasteiger partial charge in [-0.2, -0.15) is 5.10 Å². The Hall–Kier alpha value is -3.16. The molecular formula is C27H34N4O3. The van der Waals surface area contributed by atoms with E-state index in [2.05, 4.69) is 58.6 Å². The van der Waals surface area contributed by atoms with E-state index in [1.54, 1.807) is 7.11 Å². The molecule has 0 aliphatic carbocycles. The Bertz CT molecular complexity index is 1100. The second kappa shape index (κ2) is 10.8. The van der Waals surface area contributed by atoms with E-state index in [-0.39, 0.29) is 11.9 Å². The summed E-state index contributed by atoms with van der Waals surface area (Å²) in [6, 6.07) is 16.5. The third kappa shape index (κ3) is 5.48. The monoisotopic (exact) mass is 462 g/mol. The third-order valence-electron chi connectivity index (χ3n) is 6.50. The van der Waals surface area contributed by atoms with Crippen molar-refractivity contribution in [3.63, 3.8) is 0 Å². The summed E-state index contributed by atoms with van der Waals surface area (Å²) in [7, 11) is 1.67. The van der Waals surface area contributed by atoms with Crippen LogP contribution < -0.4 is 10.1 Å². The Morgan fingerprint density at radius 2 is 1.74 bits per heavy atom. The zero-order valence-electron chi connectivity index (χ0n) is 20.5. The van der Waals surface area contributed by atoms with Crippen LogP contribution in [0.3, 0.4) is 0 Å². The summed E-state index contributed by atoms with van der Waals surface area (Å²) in [5.74, 6) is 0.734. The van der Waals surface area contributed by atoms with Gasteiger partial charge in [0.05, 0.1) is 44.2 Å². The van der Waals surface area contributed by atoms with Gasteiger partial charge < -0.3 is 14.8 Å². The Balaban J connectivity index is 1.49. The largest absolute Gasteiger partial charge is 0.497 e. The molecule has 0 spiro atoms. The molecule has 1 saturated heterocycles. The first kappa shape index (κ1) is 24.0. The molecule has 3 aromatic rings. The predicted octanol–water partition coefficient (Wildman–Crippen LogP) is 3.67. The number of nitrogens with zero attached hydrogens (tertiary/aromatic N) is 3. The third-order valence-corrected chi connectivity index (χ3v) is 6.50. The van der Waals surface area contributed by atoms with Gasteiger partial charge in [0.1, 0.15) is 5.75 Å². The summed E-state index contributed by atoms with van der Waals surface area (Å²) in [6.07, 6.45) is 0. The number of hydrogen-bond acceptors (Lipinski definition) is 5. The molecule has 1 unspecified atom stereocenters. The van der Waals surface area contributed by atoms with Crippen LogP contribution in [-0.4, -0.2) is 60.5 Å². The second-order valence-corrected chi connectivity index (χ2v) is 8.84. The van der Waals surface area contributed by atoms with Crippen LogP contribution in [0.5, 0.6) is 5.75 Å². The lowest BCUT2D eigenvalue weighted by atomic mass is 10.0. The van der Waals surface area contributed by atoms with E-state index in [1.165, 1.54) is 5.56 Å². The van der Waals surface area contributed by atoms with Crippen molar-refractivity contribution in [2.24, 2.45) is 0 Å². The summed E-state index contributed by atoms with van der Waals surface area (Å²) in [4.78, 5) is 15.7. The fraction of sp³-hybridized carbons (Fsp3) is 0.407. The Morgan fingerprint density at radius 3 is 2.38 bits per heavy atom. The van der Waals surface area contributed by atoms with Gasteiger partial charge in [-0.3, -0.25) is 14.4 Å². The first-order chi connectivity index (χ1) is 16.5. The van der Waals surface area contributed by atoms with Gasteiger partial charge in [-0.15, -0.1) is 0 Å². The van der Waals surface area contributed by atoms with Crippen molar-refractivity contribution in [1.29, 1.82) is 0 Å². The molecule has 0 bridgehead atoms. The molecule has 1 amide bonds. The van der Waals surface area contributed by atoms with Crippen molar-refractivity contribution in [3.05, 3.63) is 82.2 Å². The minimum absolute atomic E-state index is 0.0574. The first-order valence-electron chi connectivity index (χ1n) is 11.8. The zero-order valence-corrected chi connectivity index (χ0v) is 20.5. The van der Waals surface area contributed by atoms with Gasteiger partial charge >= 0.3 is 0 Å². The topological polar surface area (TPSA) is 68.6 Å². The van der Waals surface area contributed by atoms with Crippen molar-refractivity contribution in [2.45, 2.75) is 33.4 Å². The minimum atomic E-state index is -0.0862. The van der Waals surface area contributed by atoms with Crippen molar-refractivity contribution < 1.29 is 14.3 Å². The lowest BCUT2D eigenvalue weighted by molar-refractivity contribution is 0.0162. The van der Waals surface area contributed by atoms with Crippen LogP contribution in [0.4, 0.5) is 0 Å². The SMILES string of the molecule is COc1ccc(C(CNC(=O)c2c(C)nn(Cc3ccc(C)cc3)c2C)N2CCOCC2)cc1. The Kier molecular flexibility index (Phi) is 7.65. The molecule has 1 aliphatic heterocycles. The van der Waals surface area contributed by atoms with Crippen molar-refractivity contribution in [2.75, 3.05) is 40.0 Å². The quantitative estimate of drug-likeness (QED) is 0.553. The molecular weight excluding hydrogens is 428 g/mol. The average Bonchev–Trinajstić information content (AvgIpc) is 3.14. The summed E-state index contributed by atoms with van der Waals surface area (Å²) in [5.41, 5.74) is 5.81. The standard InChI is InChI=1S/C27H34N4O3/c1-19-5-7-22(8-6-19)18-31-21(3)26(20(2)29-31)27(32)28-17-25(30-13-15-34-16-14-30)23-9-11-24(33-4)12-10-23/h5-12,25H,13-18H2,1-4H3,(H,28,32). The summed E-state index contributed by atoms with van der Waals surface area (Å²) >= 11 is 0. The number of aryl methyl sites for hydroxylation is 2. The first-order valence-corrected chi connectivity index (χ1v) is 11.8. The molecule has 1 fully saturated rings. The fourth-order valence-electron chi connectivity index (χ4n) is 4.50. The van der Waals surface area contributed by atoms with Crippen LogP contribution in [0.1, 0.15) is 44.5 Å². The van der Waals surface area contributed by atoms with Gasteiger partial charge in [-0.1, -0.05) is 42.0 Å². The van der Waals surface area contributed by atoms with Crippen molar-refractivity contribution >= 4 is 5.91 Å². The van der Waals surface area contributed by atoms with Gasteiger partial charge in [-0.25, -0.2) is 0 Å². The molecule has 1 aliphatic rings. The van der Waals surface area contributed by atoms with Crippen LogP contribution in [0.15, 0.2) is 48.5 Å². The normalized spacial score (nSPS) is 15.2. The van der Waals surface area contributed by atoms with E-state index in [4.69, 9.17) is 9.47 Å². The molecule has 1 N–H and O–H groups in total. The van der Waals surface area contributed by atoms with E-state index in [0.29, 0.717) is 31.9 Å². The number of ether oxygens (including phenoxy) is 2. The van der Waals surface area contributed by atoms with E-state index < -0.39 is 0 Å². The Morgan fingerprint density at radius 1 is 1.06 bits per heavy atom. The van der Waals surface area contributed by atoms with Gasteiger partial charge in [0.2, 0.25) is 0 Å². The molecule has 180 valence electrons. The van der Waals surface area contributed by atoms with Crippen LogP contribution in [-0.2, 0) is 11.3 Å². The molecule has 1 aromatic heterocycles. The van der Waals surface area contributed by atoms with E-state index in [0.717, 1.165) is 41.4 Å². The highest BCUT2D eigenvalue weighted by atomic mass is 16.5. The molecule has 7 nitrogen and oxygen atoms in total. The van der Waals surface area contributed by atoms with Gasteiger partial charge in [-0.05, 0) is 44.0 Å². The minimum Gasteiger partial charge on any atom is -0.497 e. The maximum atomic E-state index is 13.3. The number of rotatable bonds is 8. The number of amides is 1. The molecule has 4 rings (SSSR count). The van der Waals surface area contributed by atoms with Crippen LogP contribution in [0.2, 0.25) is 0 Å². The average molecular weight is 463 g/mol. The van der Waals surface area contributed by atoms with Crippen molar-refractivity contribution in [3.8, 4) is 5.75 Å². The van der Waals surface area contributed by atoms with E-state index in [1.807, 2.05) is 30.7 Å². The van der Waals surface area contributed by atoms with Crippen LogP contribution in [0, 0.1) is 20.8 Å². The number of benzene rings is 2. The maximum Gasteiger partial charge on any atom is 0.255 e. The van der Waals surface area contributed by atoms with E-state index in [9.17, 15) is 4.79 Å². The number of carbonyl (C=O) groups excluding carboxylic acids is 1. The van der Waals surface area contributed by atoms with Crippen LogP contribution in [0.25, 0.3) is 0 Å². The number of carbonyl (C=O) groups is 1. The number of aromatic nitrogens is 2. The second-order valence-electron chi connectivity index (χ2n) is 8.84. The van der Waals surface area contributed by atoms with Gasteiger partial charge in [0.15, 0.2) is 0 Å². The van der Waals surface area contributed by atoms with Gasteiger partial charge in [0.25, 0.3) is 5.91 Å². The molecule has 2 aromatic carbocycles. The molecule has 34 heavy (non-hydrogen) atoms. The number of nitrogens with one attached hydrogen (secondary N) is 1. The summed E-state index contributed by atoms with van der Waals surface area (Å²) < 4.78 is 12.8. The van der Waals surface area contributed by atoms with E-state index >= 15 is 0 Å². The Labute approximate surface area is 201 Å². The molecule has 0 radical (unpaired) electrons.